The van der Waals surface area contributed by atoms with E-state index in [1.807, 2.05) is 0 Å². The lowest BCUT2D eigenvalue weighted by Crippen LogP contribution is -2.40. The summed E-state index contributed by atoms with van der Waals surface area (Å²) in [5.74, 6) is -1.13. The Labute approximate surface area is 148 Å². The Bertz CT molecular complexity index is 672. The van der Waals surface area contributed by atoms with Gasteiger partial charge in [-0.25, -0.2) is 9.59 Å². The van der Waals surface area contributed by atoms with E-state index in [0.717, 1.165) is 5.75 Å². The van der Waals surface area contributed by atoms with E-state index in [1.165, 1.54) is 44.2 Å². The van der Waals surface area contributed by atoms with Gasteiger partial charge in [-0.1, -0.05) is 0 Å². The van der Waals surface area contributed by atoms with Gasteiger partial charge in [0.25, 0.3) is 0 Å². The third-order valence-corrected chi connectivity index (χ3v) is 4.67. The number of rotatable bonds is 5. The number of esters is 2. The van der Waals surface area contributed by atoms with Gasteiger partial charge >= 0.3 is 11.9 Å². The van der Waals surface area contributed by atoms with E-state index >= 15 is 0 Å². The number of anilines is 1. The van der Waals surface area contributed by atoms with Crippen molar-refractivity contribution < 1.29 is 28.7 Å². The van der Waals surface area contributed by atoms with Crippen LogP contribution in [0.3, 0.4) is 0 Å². The Morgan fingerprint density at radius 3 is 2.28 bits per heavy atom. The lowest BCUT2D eigenvalue weighted by molar-refractivity contribution is -0.123. The minimum absolute atomic E-state index is 0.00743. The Hall–Kier alpha value is -2.55. The van der Waals surface area contributed by atoms with Crippen LogP contribution in [0.25, 0.3) is 0 Å². The molecule has 1 unspecified atom stereocenters. The number of hydrogen-bond donors (Lipinski definition) is 2. The predicted molar refractivity (Wildman–Crippen MR) is 91.6 cm³/mol. The van der Waals surface area contributed by atoms with E-state index in [4.69, 9.17) is 0 Å². The van der Waals surface area contributed by atoms with Crippen molar-refractivity contribution in [3.8, 4) is 0 Å². The molecule has 1 aromatic carbocycles. The summed E-state index contributed by atoms with van der Waals surface area (Å²) in [5, 5.41) is 4.84. The summed E-state index contributed by atoms with van der Waals surface area (Å²) in [4.78, 5) is 47.4. The molecule has 0 saturated carbocycles. The third-order valence-electron chi connectivity index (χ3n) is 3.44. The average Bonchev–Trinajstić information content (AvgIpc) is 2.61. The summed E-state index contributed by atoms with van der Waals surface area (Å²) in [5.41, 5.74) is 0.450. The third kappa shape index (κ3) is 4.96. The molecule has 2 amide bonds. The largest absolute Gasteiger partial charge is 0.465 e. The molecular formula is C16H18N2O6S. The van der Waals surface area contributed by atoms with Crippen molar-refractivity contribution in [1.82, 2.24) is 5.32 Å². The lowest BCUT2D eigenvalue weighted by Gasteiger charge is -2.21. The summed E-state index contributed by atoms with van der Waals surface area (Å²) in [6, 6.07) is 4.10. The van der Waals surface area contributed by atoms with Crippen LogP contribution in [0.1, 0.15) is 27.1 Å². The van der Waals surface area contributed by atoms with Gasteiger partial charge < -0.3 is 20.1 Å². The zero-order valence-corrected chi connectivity index (χ0v) is 14.6. The maximum atomic E-state index is 12.2. The van der Waals surface area contributed by atoms with Crippen LogP contribution in [0.15, 0.2) is 18.2 Å². The van der Waals surface area contributed by atoms with Gasteiger partial charge in [-0.15, -0.1) is 11.8 Å². The highest BCUT2D eigenvalue weighted by Gasteiger charge is 2.25. The Balaban J connectivity index is 2.16. The molecule has 8 nitrogen and oxygen atoms in total. The standard InChI is InChI=1S/C16H18N2O6S/c1-23-15(21)9-5-10(16(22)24-2)7-11(6-9)18-13(19)8-12-14(20)17-3-4-25-12/h5-7,12H,3-4,8H2,1-2H3,(H,17,20)(H,18,19). The number of methoxy groups -OCH3 is 2. The summed E-state index contributed by atoms with van der Waals surface area (Å²) < 4.78 is 9.28. The zero-order valence-electron chi connectivity index (χ0n) is 13.8. The first-order chi connectivity index (χ1) is 11.9. The van der Waals surface area contributed by atoms with E-state index in [-0.39, 0.29) is 29.1 Å². The number of nitrogens with one attached hydrogen (secondary N) is 2. The Morgan fingerprint density at radius 2 is 1.76 bits per heavy atom. The highest BCUT2D eigenvalue weighted by molar-refractivity contribution is 8.00. The van der Waals surface area contributed by atoms with Crippen molar-refractivity contribution >= 4 is 41.2 Å². The minimum Gasteiger partial charge on any atom is -0.465 e. The van der Waals surface area contributed by atoms with E-state index in [1.54, 1.807) is 0 Å². The molecule has 134 valence electrons. The minimum atomic E-state index is -0.650. The number of hydrogen-bond acceptors (Lipinski definition) is 7. The van der Waals surface area contributed by atoms with Gasteiger partial charge in [-0.3, -0.25) is 9.59 Å². The molecule has 1 aliphatic rings. The second kappa shape index (κ2) is 8.52. The molecular weight excluding hydrogens is 348 g/mol. The van der Waals surface area contributed by atoms with Crippen LogP contribution in [0.4, 0.5) is 5.69 Å². The maximum absolute atomic E-state index is 12.2. The van der Waals surface area contributed by atoms with Crippen LogP contribution in [0, 0.1) is 0 Å². The number of thioether (sulfide) groups is 1. The number of amides is 2. The first-order valence-electron chi connectivity index (χ1n) is 7.45. The van der Waals surface area contributed by atoms with Gasteiger partial charge in [-0.05, 0) is 18.2 Å². The Morgan fingerprint density at radius 1 is 1.16 bits per heavy atom. The summed E-state index contributed by atoms with van der Waals surface area (Å²) >= 11 is 1.41. The molecule has 0 aliphatic carbocycles. The van der Waals surface area contributed by atoms with Crippen molar-refractivity contribution in [2.75, 3.05) is 31.8 Å². The average molecular weight is 366 g/mol. The molecule has 1 aromatic rings. The van der Waals surface area contributed by atoms with Crippen molar-refractivity contribution in [1.29, 1.82) is 0 Å². The summed E-state index contributed by atoms with van der Waals surface area (Å²) in [7, 11) is 2.43. The van der Waals surface area contributed by atoms with Crippen molar-refractivity contribution in [2.45, 2.75) is 11.7 Å². The smallest absolute Gasteiger partial charge is 0.337 e. The maximum Gasteiger partial charge on any atom is 0.337 e. The van der Waals surface area contributed by atoms with Gasteiger partial charge in [-0.2, -0.15) is 0 Å². The molecule has 1 saturated heterocycles. The highest BCUT2D eigenvalue weighted by atomic mass is 32.2. The molecule has 1 fully saturated rings. The molecule has 2 rings (SSSR count). The van der Waals surface area contributed by atoms with E-state index in [0.29, 0.717) is 6.54 Å². The van der Waals surface area contributed by atoms with Gasteiger partial charge in [0.1, 0.15) is 0 Å². The summed E-state index contributed by atoms with van der Waals surface area (Å²) in [6.45, 7) is 0.589. The van der Waals surface area contributed by atoms with Gasteiger partial charge in [0.05, 0.1) is 30.6 Å². The molecule has 1 atom stereocenters. The molecule has 0 radical (unpaired) electrons. The summed E-state index contributed by atoms with van der Waals surface area (Å²) in [6.07, 6.45) is -0.00743. The van der Waals surface area contributed by atoms with E-state index in [2.05, 4.69) is 20.1 Å². The van der Waals surface area contributed by atoms with Crippen molar-refractivity contribution in [2.24, 2.45) is 0 Å². The SMILES string of the molecule is COC(=O)c1cc(NC(=O)CC2SCCNC2=O)cc(C(=O)OC)c1. The molecule has 9 heteroatoms. The topological polar surface area (TPSA) is 111 Å². The first-order valence-corrected chi connectivity index (χ1v) is 8.50. The zero-order chi connectivity index (χ0) is 18.4. The molecule has 25 heavy (non-hydrogen) atoms. The molecule has 1 heterocycles. The van der Waals surface area contributed by atoms with E-state index in [9.17, 15) is 19.2 Å². The molecule has 0 bridgehead atoms. The van der Waals surface area contributed by atoms with Crippen LogP contribution in [0.5, 0.6) is 0 Å². The fourth-order valence-electron chi connectivity index (χ4n) is 2.27. The van der Waals surface area contributed by atoms with Crippen molar-refractivity contribution in [3.63, 3.8) is 0 Å². The number of benzene rings is 1. The Kier molecular flexibility index (Phi) is 6.40. The lowest BCUT2D eigenvalue weighted by atomic mass is 10.1. The highest BCUT2D eigenvalue weighted by Crippen LogP contribution is 2.21. The van der Waals surface area contributed by atoms with E-state index < -0.39 is 23.1 Å². The first kappa shape index (κ1) is 18.8. The monoisotopic (exact) mass is 366 g/mol. The van der Waals surface area contributed by atoms with Gasteiger partial charge in [0.2, 0.25) is 11.8 Å². The number of carbonyl (C=O) groups excluding carboxylic acids is 4. The fraction of sp³-hybridized carbons (Fsp3) is 0.375. The predicted octanol–water partition coefficient (Wildman–Crippen LogP) is 0.820. The number of carbonyl (C=O) groups is 4. The van der Waals surface area contributed by atoms with Crippen LogP contribution in [-0.4, -0.2) is 55.5 Å². The van der Waals surface area contributed by atoms with Crippen LogP contribution < -0.4 is 10.6 Å². The number of ether oxygens (including phenoxy) is 2. The van der Waals surface area contributed by atoms with Crippen molar-refractivity contribution in [3.05, 3.63) is 29.3 Å². The normalized spacial score (nSPS) is 16.6. The molecule has 1 aliphatic heterocycles. The van der Waals surface area contributed by atoms with Crippen LogP contribution in [-0.2, 0) is 19.1 Å². The quantitative estimate of drug-likeness (QED) is 0.742. The molecule has 2 N–H and O–H groups in total. The van der Waals surface area contributed by atoms with Gasteiger partial charge in [0, 0.05) is 24.4 Å². The molecule has 0 aromatic heterocycles. The second-order valence-corrected chi connectivity index (χ2v) is 6.50. The second-order valence-electron chi connectivity index (χ2n) is 5.18. The fourth-order valence-corrected chi connectivity index (χ4v) is 3.28. The van der Waals surface area contributed by atoms with Gasteiger partial charge in [0.15, 0.2) is 0 Å². The van der Waals surface area contributed by atoms with Crippen LogP contribution >= 0.6 is 11.8 Å². The van der Waals surface area contributed by atoms with Crippen LogP contribution in [0.2, 0.25) is 0 Å². The molecule has 0 spiro atoms.